The van der Waals surface area contributed by atoms with Gasteiger partial charge in [0.15, 0.2) is 6.61 Å². The minimum Gasteiger partial charge on any atom is -0.484 e. The highest BCUT2D eigenvalue weighted by Crippen LogP contribution is 2.37. The first kappa shape index (κ1) is 24.5. The van der Waals surface area contributed by atoms with E-state index in [-0.39, 0.29) is 24.5 Å². The zero-order valence-corrected chi connectivity index (χ0v) is 20.8. The van der Waals surface area contributed by atoms with Crippen molar-refractivity contribution in [2.24, 2.45) is 5.92 Å². The number of fused-ring (bicyclic) bond motifs is 1. The molecular formula is C30H34N2O3. The summed E-state index contributed by atoms with van der Waals surface area (Å²) in [7, 11) is 1.79. The lowest BCUT2D eigenvalue weighted by Gasteiger charge is -2.38. The standard InChI is InChI=1S/C30H34N2O3/c1-22(2)18-28(33)32-17-16-24-14-15-26(19-27(24)30(32)25-12-8-5-9-13-25)35-21-29(34)31(3)20-23-10-6-4-7-11-23/h4-15,19,22,30H,16-18,20-21H2,1-3H3. The number of amides is 2. The van der Waals surface area contributed by atoms with E-state index < -0.39 is 0 Å². The fraction of sp³-hybridized carbons (Fsp3) is 0.333. The second-order valence-electron chi connectivity index (χ2n) is 9.63. The van der Waals surface area contributed by atoms with Crippen LogP contribution in [0, 0.1) is 5.92 Å². The maximum atomic E-state index is 13.2. The van der Waals surface area contributed by atoms with Gasteiger partial charge < -0.3 is 14.5 Å². The van der Waals surface area contributed by atoms with Gasteiger partial charge in [-0.2, -0.15) is 0 Å². The van der Waals surface area contributed by atoms with Gasteiger partial charge in [-0.15, -0.1) is 0 Å². The van der Waals surface area contributed by atoms with Crippen molar-refractivity contribution in [2.45, 2.75) is 39.3 Å². The number of hydrogen-bond donors (Lipinski definition) is 0. The predicted molar refractivity (Wildman–Crippen MR) is 138 cm³/mol. The van der Waals surface area contributed by atoms with Crippen molar-refractivity contribution >= 4 is 11.8 Å². The summed E-state index contributed by atoms with van der Waals surface area (Å²) >= 11 is 0. The molecule has 3 aromatic carbocycles. The van der Waals surface area contributed by atoms with Crippen molar-refractivity contribution in [1.82, 2.24) is 9.80 Å². The van der Waals surface area contributed by atoms with Crippen LogP contribution in [0.15, 0.2) is 78.9 Å². The number of carbonyl (C=O) groups is 2. The van der Waals surface area contributed by atoms with E-state index in [1.54, 1.807) is 11.9 Å². The first-order chi connectivity index (χ1) is 16.9. The van der Waals surface area contributed by atoms with Crippen molar-refractivity contribution in [2.75, 3.05) is 20.2 Å². The summed E-state index contributed by atoms with van der Waals surface area (Å²) in [6.07, 6.45) is 1.33. The van der Waals surface area contributed by atoms with Crippen LogP contribution in [0.2, 0.25) is 0 Å². The summed E-state index contributed by atoms with van der Waals surface area (Å²) < 4.78 is 5.94. The van der Waals surface area contributed by atoms with E-state index in [4.69, 9.17) is 4.74 Å². The molecule has 0 aliphatic carbocycles. The van der Waals surface area contributed by atoms with Gasteiger partial charge in [0.25, 0.3) is 5.91 Å². The average molecular weight is 471 g/mol. The highest BCUT2D eigenvalue weighted by molar-refractivity contribution is 5.78. The van der Waals surface area contributed by atoms with E-state index in [9.17, 15) is 9.59 Å². The second kappa shape index (κ2) is 11.2. The van der Waals surface area contributed by atoms with Crippen molar-refractivity contribution in [1.29, 1.82) is 0 Å². The molecule has 1 heterocycles. The molecule has 4 rings (SSSR count). The SMILES string of the molecule is CC(C)CC(=O)N1CCc2ccc(OCC(=O)N(C)Cc3ccccc3)cc2C1c1ccccc1. The molecule has 0 saturated heterocycles. The molecule has 0 fully saturated rings. The Labute approximate surface area is 208 Å². The first-order valence-electron chi connectivity index (χ1n) is 12.3. The lowest BCUT2D eigenvalue weighted by molar-refractivity contribution is -0.134. The van der Waals surface area contributed by atoms with Crippen LogP contribution in [0.3, 0.4) is 0 Å². The lowest BCUT2D eigenvalue weighted by atomic mass is 9.87. The van der Waals surface area contributed by atoms with E-state index in [2.05, 4.69) is 32.0 Å². The van der Waals surface area contributed by atoms with Crippen LogP contribution < -0.4 is 4.74 Å². The number of likely N-dealkylation sites (N-methyl/N-ethyl adjacent to an activating group) is 1. The summed E-state index contributed by atoms with van der Waals surface area (Å²) in [5, 5.41) is 0. The van der Waals surface area contributed by atoms with Gasteiger partial charge in [-0.05, 0) is 46.7 Å². The van der Waals surface area contributed by atoms with E-state index in [0.29, 0.717) is 31.2 Å². The fourth-order valence-corrected chi connectivity index (χ4v) is 4.61. The Morgan fingerprint density at radius 3 is 2.37 bits per heavy atom. The molecule has 1 atom stereocenters. The molecule has 0 aromatic heterocycles. The number of benzene rings is 3. The van der Waals surface area contributed by atoms with Gasteiger partial charge in [-0.1, -0.05) is 80.6 Å². The third kappa shape index (κ3) is 6.10. The van der Waals surface area contributed by atoms with Crippen molar-refractivity contribution in [3.63, 3.8) is 0 Å². The first-order valence-corrected chi connectivity index (χ1v) is 12.3. The molecule has 5 heteroatoms. The topological polar surface area (TPSA) is 49.9 Å². The third-order valence-corrected chi connectivity index (χ3v) is 6.41. The van der Waals surface area contributed by atoms with Crippen LogP contribution in [0.25, 0.3) is 0 Å². The molecule has 0 bridgehead atoms. The van der Waals surface area contributed by atoms with Crippen LogP contribution >= 0.6 is 0 Å². The minimum absolute atomic E-state index is 0.0336. The van der Waals surface area contributed by atoms with Gasteiger partial charge in [0.05, 0.1) is 6.04 Å². The molecule has 182 valence electrons. The van der Waals surface area contributed by atoms with Gasteiger partial charge in [0.2, 0.25) is 5.91 Å². The summed E-state index contributed by atoms with van der Waals surface area (Å²) in [5.74, 6) is 1.03. The highest BCUT2D eigenvalue weighted by Gasteiger charge is 2.32. The molecular weight excluding hydrogens is 436 g/mol. The van der Waals surface area contributed by atoms with Gasteiger partial charge in [-0.3, -0.25) is 9.59 Å². The van der Waals surface area contributed by atoms with Gasteiger partial charge >= 0.3 is 0 Å². The molecule has 0 saturated carbocycles. The molecule has 2 amide bonds. The Hall–Kier alpha value is -3.60. The Kier molecular flexibility index (Phi) is 7.86. The lowest BCUT2D eigenvalue weighted by Crippen LogP contribution is -2.41. The molecule has 5 nitrogen and oxygen atoms in total. The second-order valence-corrected chi connectivity index (χ2v) is 9.63. The Morgan fingerprint density at radius 2 is 1.69 bits per heavy atom. The van der Waals surface area contributed by atoms with Crippen LogP contribution in [-0.4, -0.2) is 41.8 Å². The smallest absolute Gasteiger partial charge is 0.260 e. The number of nitrogens with zero attached hydrogens (tertiary/aromatic N) is 2. The molecule has 3 aromatic rings. The average Bonchev–Trinajstić information content (AvgIpc) is 2.87. The van der Waals surface area contributed by atoms with Gasteiger partial charge in [-0.25, -0.2) is 0 Å². The van der Waals surface area contributed by atoms with Crippen LogP contribution in [-0.2, 0) is 22.6 Å². The quantitative estimate of drug-likeness (QED) is 0.452. The largest absolute Gasteiger partial charge is 0.484 e. The summed E-state index contributed by atoms with van der Waals surface area (Å²) in [4.78, 5) is 29.5. The Morgan fingerprint density at radius 1 is 1.00 bits per heavy atom. The van der Waals surface area contributed by atoms with E-state index >= 15 is 0 Å². The predicted octanol–water partition coefficient (Wildman–Crippen LogP) is 5.24. The van der Waals surface area contributed by atoms with Crippen molar-refractivity contribution in [3.05, 3.63) is 101 Å². The molecule has 0 radical (unpaired) electrons. The number of rotatable bonds is 8. The monoisotopic (exact) mass is 470 g/mol. The van der Waals surface area contributed by atoms with E-state index in [1.807, 2.05) is 65.6 Å². The maximum absolute atomic E-state index is 13.2. The molecule has 0 N–H and O–H groups in total. The summed E-state index contributed by atoms with van der Waals surface area (Å²) in [6, 6.07) is 25.9. The number of ether oxygens (including phenoxy) is 1. The Balaban J connectivity index is 1.52. The molecule has 1 aliphatic heterocycles. The van der Waals surface area contributed by atoms with Gasteiger partial charge in [0.1, 0.15) is 5.75 Å². The highest BCUT2D eigenvalue weighted by atomic mass is 16.5. The van der Waals surface area contributed by atoms with Crippen LogP contribution in [0.1, 0.15) is 48.6 Å². The van der Waals surface area contributed by atoms with Crippen molar-refractivity contribution < 1.29 is 14.3 Å². The minimum atomic E-state index is -0.161. The maximum Gasteiger partial charge on any atom is 0.260 e. The molecule has 35 heavy (non-hydrogen) atoms. The number of carbonyl (C=O) groups excluding carboxylic acids is 2. The van der Waals surface area contributed by atoms with E-state index in [1.165, 1.54) is 5.56 Å². The fourth-order valence-electron chi connectivity index (χ4n) is 4.61. The Bertz CT molecular complexity index is 1140. The van der Waals surface area contributed by atoms with Crippen molar-refractivity contribution in [3.8, 4) is 5.75 Å². The number of hydrogen-bond acceptors (Lipinski definition) is 3. The third-order valence-electron chi connectivity index (χ3n) is 6.41. The normalized spacial score (nSPS) is 15.0. The summed E-state index contributed by atoms with van der Waals surface area (Å²) in [5.41, 5.74) is 4.45. The summed E-state index contributed by atoms with van der Waals surface area (Å²) in [6.45, 7) is 5.35. The van der Waals surface area contributed by atoms with Crippen LogP contribution in [0.4, 0.5) is 0 Å². The molecule has 1 unspecified atom stereocenters. The van der Waals surface area contributed by atoms with E-state index in [0.717, 1.165) is 23.1 Å². The zero-order valence-electron chi connectivity index (χ0n) is 20.8. The zero-order chi connectivity index (χ0) is 24.8. The van der Waals surface area contributed by atoms with Gasteiger partial charge in [0, 0.05) is 26.6 Å². The van der Waals surface area contributed by atoms with Crippen LogP contribution in [0.5, 0.6) is 5.75 Å². The molecule has 1 aliphatic rings. The molecule has 0 spiro atoms.